The molecule has 0 amide bonds. The first-order valence-corrected chi connectivity index (χ1v) is 6.69. The summed E-state index contributed by atoms with van der Waals surface area (Å²) < 4.78 is 40.2. The van der Waals surface area contributed by atoms with Crippen molar-refractivity contribution in [2.75, 3.05) is 5.01 Å². The third kappa shape index (κ3) is 2.35. The van der Waals surface area contributed by atoms with Crippen molar-refractivity contribution >= 4 is 11.4 Å². The van der Waals surface area contributed by atoms with E-state index < -0.39 is 18.3 Å². The molecule has 3 nitrogen and oxygen atoms in total. The van der Waals surface area contributed by atoms with E-state index in [1.54, 1.807) is 48.5 Å². The fraction of sp³-hybridized carbons (Fsp3) is 0.188. The SMILES string of the molecule is OC1(C(F)(F)F)CC(c2ccccc2)=NN1c1ccccc1. The fourth-order valence-electron chi connectivity index (χ4n) is 2.40. The lowest BCUT2D eigenvalue weighted by atomic mass is 10.0. The Kier molecular flexibility index (Phi) is 3.41. The first-order chi connectivity index (χ1) is 10.4. The lowest BCUT2D eigenvalue weighted by Gasteiger charge is -2.34. The largest absolute Gasteiger partial charge is 0.438 e. The molecule has 1 heterocycles. The molecular formula is C16H13F3N2O. The predicted molar refractivity (Wildman–Crippen MR) is 77.5 cm³/mol. The Labute approximate surface area is 125 Å². The fourth-order valence-corrected chi connectivity index (χ4v) is 2.40. The van der Waals surface area contributed by atoms with Gasteiger partial charge in [-0.25, -0.2) is 5.01 Å². The Bertz CT molecular complexity index is 686. The molecule has 1 aliphatic heterocycles. The Morgan fingerprint density at radius 3 is 2.05 bits per heavy atom. The van der Waals surface area contributed by atoms with Crippen LogP contribution < -0.4 is 5.01 Å². The molecule has 0 radical (unpaired) electrons. The van der Waals surface area contributed by atoms with Gasteiger partial charge in [0.15, 0.2) is 0 Å². The standard InChI is InChI=1S/C16H13F3N2O/c17-16(18,19)15(22)11-14(12-7-3-1-4-8-12)20-21(15)13-9-5-2-6-10-13/h1-10,22H,11H2. The maximum Gasteiger partial charge on any atom is 0.438 e. The Hall–Kier alpha value is -2.34. The average Bonchev–Trinajstić information content (AvgIpc) is 2.88. The van der Waals surface area contributed by atoms with Gasteiger partial charge in [0.1, 0.15) is 0 Å². The van der Waals surface area contributed by atoms with Crippen LogP contribution in [0.4, 0.5) is 18.9 Å². The molecule has 0 spiro atoms. The summed E-state index contributed by atoms with van der Waals surface area (Å²) in [5.41, 5.74) is -2.10. The van der Waals surface area contributed by atoms with E-state index in [0.29, 0.717) is 10.6 Å². The first-order valence-electron chi connectivity index (χ1n) is 6.69. The van der Waals surface area contributed by atoms with Crippen molar-refractivity contribution in [3.8, 4) is 0 Å². The number of rotatable bonds is 2. The van der Waals surface area contributed by atoms with E-state index in [4.69, 9.17) is 0 Å². The summed E-state index contributed by atoms with van der Waals surface area (Å²) in [6.07, 6.45) is -5.45. The lowest BCUT2D eigenvalue weighted by Crippen LogP contribution is -2.55. The highest BCUT2D eigenvalue weighted by atomic mass is 19.4. The summed E-state index contributed by atoms with van der Waals surface area (Å²) in [4.78, 5) is 0. The minimum Gasteiger partial charge on any atom is -0.362 e. The normalized spacial score (nSPS) is 21.8. The number of alkyl halides is 3. The van der Waals surface area contributed by atoms with Crippen molar-refractivity contribution in [3.05, 3.63) is 66.2 Å². The monoisotopic (exact) mass is 306 g/mol. The molecule has 1 aliphatic rings. The van der Waals surface area contributed by atoms with Crippen LogP contribution in [-0.2, 0) is 0 Å². The molecule has 1 N–H and O–H groups in total. The number of nitrogens with zero attached hydrogens (tertiary/aromatic N) is 2. The Balaban J connectivity index is 2.07. The number of hydrazone groups is 1. The maximum atomic E-state index is 13.4. The third-order valence-electron chi connectivity index (χ3n) is 3.55. The van der Waals surface area contributed by atoms with Gasteiger partial charge in [-0.05, 0) is 17.7 Å². The van der Waals surface area contributed by atoms with Gasteiger partial charge in [-0.15, -0.1) is 0 Å². The van der Waals surface area contributed by atoms with E-state index >= 15 is 0 Å². The summed E-state index contributed by atoms with van der Waals surface area (Å²) in [6, 6.07) is 16.4. The summed E-state index contributed by atoms with van der Waals surface area (Å²) in [7, 11) is 0. The van der Waals surface area contributed by atoms with Crippen LogP contribution in [0.2, 0.25) is 0 Å². The number of halogens is 3. The van der Waals surface area contributed by atoms with Gasteiger partial charge < -0.3 is 5.11 Å². The van der Waals surface area contributed by atoms with E-state index in [9.17, 15) is 18.3 Å². The van der Waals surface area contributed by atoms with Crippen molar-refractivity contribution in [3.63, 3.8) is 0 Å². The van der Waals surface area contributed by atoms with Crippen molar-refractivity contribution in [2.24, 2.45) is 5.10 Å². The molecule has 0 bridgehead atoms. The Morgan fingerprint density at radius 1 is 0.955 bits per heavy atom. The van der Waals surface area contributed by atoms with Crippen LogP contribution in [-0.4, -0.2) is 22.7 Å². The highest BCUT2D eigenvalue weighted by Crippen LogP contribution is 2.43. The molecular weight excluding hydrogens is 293 g/mol. The van der Waals surface area contributed by atoms with Crippen molar-refractivity contribution in [1.29, 1.82) is 0 Å². The van der Waals surface area contributed by atoms with Gasteiger partial charge in [-0.2, -0.15) is 18.3 Å². The van der Waals surface area contributed by atoms with Crippen LogP contribution in [0.1, 0.15) is 12.0 Å². The van der Waals surface area contributed by atoms with E-state index in [1.165, 1.54) is 12.1 Å². The second-order valence-electron chi connectivity index (χ2n) is 5.05. The van der Waals surface area contributed by atoms with E-state index in [-0.39, 0.29) is 11.4 Å². The Morgan fingerprint density at radius 2 is 1.50 bits per heavy atom. The van der Waals surface area contributed by atoms with Crippen molar-refractivity contribution < 1.29 is 18.3 Å². The zero-order valence-corrected chi connectivity index (χ0v) is 11.5. The van der Waals surface area contributed by atoms with Gasteiger partial charge in [0.05, 0.1) is 17.8 Å². The molecule has 1 atom stereocenters. The lowest BCUT2D eigenvalue weighted by molar-refractivity contribution is -0.254. The second-order valence-corrected chi connectivity index (χ2v) is 5.05. The summed E-state index contributed by atoms with van der Waals surface area (Å²) in [6.45, 7) is 0. The number of aliphatic hydroxyl groups is 1. The minimum absolute atomic E-state index is 0.188. The number of benzene rings is 2. The molecule has 1 unspecified atom stereocenters. The van der Waals surface area contributed by atoms with Crippen molar-refractivity contribution in [2.45, 2.75) is 18.3 Å². The topological polar surface area (TPSA) is 35.8 Å². The molecule has 0 aromatic heterocycles. The van der Waals surface area contributed by atoms with Gasteiger partial charge in [0.25, 0.3) is 5.72 Å². The molecule has 0 saturated heterocycles. The number of hydrogen-bond donors (Lipinski definition) is 1. The second kappa shape index (κ2) is 5.14. The van der Waals surface area contributed by atoms with Crippen LogP contribution >= 0.6 is 0 Å². The zero-order valence-electron chi connectivity index (χ0n) is 11.5. The van der Waals surface area contributed by atoms with Crippen molar-refractivity contribution in [1.82, 2.24) is 0 Å². The van der Waals surface area contributed by atoms with Gasteiger partial charge in [-0.1, -0.05) is 48.5 Å². The smallest absolute Gasteiger partial charge is 0.362 e. The zero-order chi connectivity index (χ0) is 15.8. The third-order valence-corrected chi connectivity index (χ3v) is 3.55. The van der Waals surface area contributed by atoms with E-state index in [1.807, 2.05) is 0 Å². The molecule has 3 rings (SSSR count). The predicted octanol–water partition coefficient (Wildman–Crippen LogP) is 3.55. The molecule has 0 saturated carbocycles. The first kappa shape index (κ1) is 14.6. The molecule has 2 aromatic rings. The van der Waals surface area contributed by atoms with Gasteiger partial charge in [0, 0.05) is 0 Å². The van der Waals surface area contributed by atoms with Crippen LogP contribution in [0.15, 0.2) is 65.8 Å². The molecule has 2 aromatic carbocycles. The minimum atomic E-state index is -4.83. The van der Waals surface area contributed by atoms with Crippen LogP contribution in [0.5, 0.6) is 0 Å². The van der Waals surface area contributed by atoms with Gasteiger partial charge >= 0.3 is 6.18 Å². The number of para-hydroxylation sites is 1. The highest BCUT2D eigenvalue weighted by molar-refractivity contribution is 6.03. The number of hydrogen-bond acceptors (Lipinski definition) is 3. The summed E-state index contributed by atoms with van der Waals surface area (Å²) >= 11 is 0. The highest BCUT2D eigenvalue weighted by Gasteiger charge is 2.61. The molecule has 6 heteroatoms. The van der Waals surface area contributed by atoms with Crippen LogP contribution in [0, 0.1) is 0 Å². The maximum absolute atomic E-state index is 13.4. The van der Waals surface area contributed by atoms with Gasteiger partial charge in [-0.3, -0.25) is 0 Å². The summed E-state index contributed by atoms with van der Waals surface area (Å²) in [5.74, 6) is 0. The average molecular weight is 306 g/mol. The molecule has 0 aliphatic carbocycles. The molecule has 114 valence electrons. The summed E-state index contributed by atoms with van der Waals surface area (Å²) in [5, 5.41) is 14.9. The quantitative estimate of drug-likeness (QED) is 0.921. The number of anilines is 1. The van der Waals surface area contributed by atoms with Gasteiger partial charge in [0.2, 0.25) is 0 Å². The van der Waals surface area contributed by atoms with Crippen LogP contribution in [0.3, 0.4) is 0 Å². The molecule has 22 heavy (non-hydrogen) atoms. The molecule has 0 fully saturated rings. The van der Waals surface area contributed by atoms with Crippen LogP contribution in [0.25, 0.3) is 0 Å². The van der Waals surface area contributed by atoms with E-state index in [2.05, 4.69) is 5.10 Å². The van der Waals surface area contributed by atoms with E-state index in [0.717, 1.165) is 0 Å².